The van der Waals surface area contributed by atoms with E-state index in [0.717, 1.165) is 18.5 Å². The number of hydrogen-bond acceptors (Lipinski definition) is 2. The number of ketones is 1. The van der Waals surface area contributed by atoms with Crippen molar-refractivity contribution in [2.24, 2.45) is 0 Å². The van der Waals surface area contributed by atoms with Gasteiger partial charge in [0.05, 0.1) is 7.57 Å². The van der Waals surface area contributed by atoms with Crippen LogP contribution in [0.25, 0.3) is 10.9 Å². The summed E-state index contributed by atoms with van der Waals surface area (Å²) in [6, 6.07) is 7.29. The molecule has 6 heteroatoms. The average molecular weight is 420 g/mol. The van der Waals surface area contributed by atoms with E-state index in [-0.39, 0.29) is 5.78 Å². The van der Waals surface area contributed by atoms with E-state index in [9.17, 15) is 4.79 Å². The second kappa shape index (κ2) is 5.05. The van der Waals surface area contributed by atoms with Crippen molar-refractivity contribution in [1.82, 2.24) is 4.98 Å². The third-order valence-electron chi connectivity index (χ3n) is 2.79. The van der Waals surface area contributed by atoms with E-state index in [4.69, 9.17) is 11.6 Å². The molecule has 0 radical (unpaired) electrons. The van der Waals surface area contributed by atoms with Crippen molar-refractivity contribution >= 4 is 71.5 Å². The molecule has 0 saturated carbocycles. The number of carbonyl (C=O) groups excluding carboxylic acids is 1. The highest BCUT2D eigenvalue weighted by Crippen LogP contribution is 2.34. The van der Waals surface area contributed by atoms with E-state index >= 15 is 0 Å². The van der Waals surface area contributed by atoms with E-state index in [2.05, 4.69) is 36.8 Å². The fraction of sp³-hybridized carbons (Fsp3) is 0. The molecule has 0 unspecified atom stereocenters. The van der Waals surface area contributed by atoms with Crippen LogP contribution in [0.4, 0.5) is 0 Å². The minimum atomic E-state index is -0.0256. The van der Waals surface area contributed by atoms with Gasteiger partial charge in [0.25, 0.3) is 0 Å². The zero-order chi connectivity index (χ0) is 13.6. The van der Waals surface area contributed by atoms with Gasteiger partial charge < -0.3 is 4.98 Å². The summed E-state index contributed by atoms with van der Waals surface area (Å²) in [6.45, 7) is 0. The lowest BCUT2D eigenvalue weighted by molar-refractivity contribution is 0.104. The normalized spacial score (nSPS) is 11.1. The van der Waals surface area contributed by atoms with Crippen LogP contribution in [0, 0.1) is 0 Å². The molecule has 3 aromatic rings. The molecule has 96 valence electrons. The molecular weight excluding hydrogens is 413 g/mol. The number of nitrogens with one attached hydrogen (secondary N) is 1. The van der Waals surface area contributed by atoms with E-state index < -0.39 is 0 Å². The van der Waals surface area contributed by atoms with Gasteiger partial charge in [-0.2, -0.15) is 0 Å². The number of rotatable bonds is 2. The summed E-state index contributed by atoms with van der Waals surface area (Å²) in [5.41, 5.74) is 2.18. The van der Waals surface area contributed by atoms with Gasteiger partial charge in [0, 0.05) is 33.2 Å². The number of halogens is 3. The maximum absolute atomic E-state index is 12.6. The number of fused-ring (bicyclic) bond motifs is 1. The third kappa shape index (κ3) is 2.40. The number of aromatic amines is 1. The summed E-state index contributed by atoms with van der Waals surface area (Å²) in [5, 5.41) is 1.46. The largest absolute Gasteiger partial charge is 0.360 e. The molecule has 3 rings (SSSR count). The van der Waals surface area contributed by atoms with Crippen LogP contribution in [0.1, 0.15) is 15.9 Å². The standard InChI is InChI=1S/C13H6Br2ClNOS/c14-11-4-8(13(15)19-11)12(18)9-5-17-10-2-1-6(16)3-7(9)10/h1-5,17H. The van der Waals surface area contributed by atoms with E-state index in [1.54, 1.807) is 18.3 Å². The third-order valence-corrected chi connectivity index (χ3v) is 5.36. The van der Waals surface area contributed by atoms with Crippen LogP contribution in [0.15, 0.2) is 38.0 Å². The molecule has 1 N–H and O–H groups in total. The number of thiophene rings is 1. The van der Waals surface area contributed by atoms with Crippen molar-refractivity contribution in [1.29, 1.82) is 0 Å². The lowest BCUT2D eigenvalue weighted by Crippen LogP contribution is -1.99. The molecule has 0 fully saturated rings. The summed E-state index contributed by atoms with van der Waals surface area (Å²) in [7, 11) is 0. The maximum Gasteiger partial charge on any atom is 0.197 e. The van der Waals surface area contributed by atoms with Crippen molar-refractivity contribution in [3.8, 4) is 0 Å². The van der Waals surface area contributed by atoms with Crippen LogP contribution in [0.3, 0.4) is 0 Å². The van der Waals surface area contributed by atoms with Gasteiger partial charge in [0.2, 0.25) is 0 Å². The summed E-state index contributed by atoms with van der Waals surface area (Å²) in [4.78, 5) is 15.6. The molecule has 19 heavy (non-hydrogen) atoms. The quantitative estimate of drug-likeness (QED) is 0.536. The van der Waals surface area contributed by atoms with E-state index in [1.807, 2.05) is 12.1 Å². The van der Waals surface area contributed by atoms with Crippen molar-refractivity contribution in [2.75, 3.05) is 0 Å². The first-order chi connectivity index (χ1) is 9.06. The first kappa shape index (κ1) is 13.4. The summed E-state index contributed by atoms with van der Waals surface area (Å²) in [5.74, 6) is -0.0256. The van der Waals surface area contributed by atoms with E-state index in [1.165, 1.54) is 11.3 Å². The number of aromatic nitrogens is 1. The molecule has 2 heterocycles. The van der Waals surface area contributed by atoms with Crippen LogP contribution in [0.2, 0.25) is 5.02 Å². The first-order valence-corrected chi connectivity index (χ1v) is 8.10. The SMILES string of the molecule is O=C(c1cc(Br)sc1Br)c1c[nH]c2ccc(Cl)cc12. The molecule has 1 aromatic carbocycles. The highest BCUT2D eigenvalue weighted by molar-refractivity contribution is 9.12. The van der Waals surface area contributed by atoms with Gasteiger partial charge in [-0.05, 0) is 56.1 Å². The zero-order valence-electron chi connectivity index (χ0n) is 9.34. The smallest absolute Gasteiger partial charge is 0.197 e. The molecule has 0 atom stereocenters. The molecule has 2 nitrogen and oxygen atoms in total. The molecular formula is C13H6Br2ClNOS. The summed E-state index contributed by atoms with van der Waals surface area (Å²) < 4.78 is 1.74. The fourth-order valence-corrected chi connectivity index (χ4v) is 4.89. The van der Waals surface area contributed by atoms with Crippen molar-refractivity contribution in [3.63, 3.8) is 0 Å². The lowest BCUT2D eigenvalue weighted by Gasteiger charge is -1.98. The molecule has 0 spiro atoms. The molecule has 0 aliphatic heterocycles. The van der Waals surface area contributed by atoms with Crippen LogP contribution in [-0.2, 0) is 0 Å². The van der Waals surface area contributed by atoms with Gasteiger partial charge in [-0.25, -0.2) is 0 Å². The number of carbonyl (C=O) groups is 1. The van der Waals surface area contributed by atoms with Crippen LogP contribution < -0.4 is 0 Å². The predicted molar refractivity (Wildman–Crippen MR) is 86.5 cm³/mol. The van der Waals surface area contributed by atoms with Crippen molar-refractivity contribution in [3.05, 3.63) is 54.2 Å². The van der Waals surface area contributed by atoms with E-state index in [0.29, 0.717) is 16.1 Å². The molecule has 2 aromatic heterocycles. The van der Waals surface area contributed by atoms with Gasteiger partial charge in [0.1, 0.15) is 0 Å². The molecule has 0 saturated heterocycles. The van der Waals surface area contributed by atoms with Gasteiger partial charge >= 0.3 is 0 Å². The molecule has 0 bridgehead atoms. The lowest BCUT2D eigenvalue weighted by atomic mass is 10.1. The Morgan fingerprint density at radius 1 is 1.21 bits per heavy atom. The van der Waals surface area contributed by atoms with Gasteiger partial charge in [-0.15, -0.1) is 11.3 Å². The maximum atomic E-state index is 12.6. The van der Waals surface area contributed by atoms with Crippen LogP contribution in [-0.4, -0.2) is 10.8 Å². The van der Waals surface area contributed by atoms with Gasteiger partial charge in [-0.3, -0.25) is 4.79 Å². The summed E-state index contributed by atoms with van der Waals surface area (Å²) in [6.07, 6.45) is 1.72. The summed E-state index contributed by atoms with van der Waals surface area (Å²) >= 11 is 14.3. The second-order valence-corrected chi connectivity index (χ2v) is 8.15. The Morgan fingerprint density at radius 3 is 2.68 bits per heavy atom. The monoisotopic (exact) mass is 417 g/mol. The minimum absolute atomic E-state index is 0.0256. The zero-order valence-corrected chi connectivity index (χ0v) is 14.1. The Kier molecular flexibility index (Phi) is 3.55. The Bertz CT molecular complexity index is 793. The predicted octanol–water partition coefficient (Wildman–Crippen LogP) is 5.64. The highest BCUT2D eigenvalue weighted by Gasteiger charge is 2.19. The number of benzene rings is 1. The highest BCUT2D eigenvalue weighted by atomic mass is 79.9. The molecule has 0 amide bonds. The van der Waals surface area contributed by atoms with Gasteiger partial charge in [0.15, 0.2) is 5.78 Å². The second-order valence-electron chi connectivity index (χ2n) is 3.96. The number of H-pyrrole nitrogens is 1. The Morgan fingerprint density at radius 2 is 2.00 bits per heavy atom. The average Bonchev–Trinajstić information content (AvgIpc) is 2.91. The topological polar surface area (TPSA) is 32.9 Å². The fourth-order valence-electron chi connectivity index (χ4n) is 1.92. The minimum Gasteiger partial charge on any atom is -0.360 e. The Hall–Kier alpha value is -0.620. The van der Waals surface area contributed by atoms with Crippen LogP contribution >= 0.6 is 54.8 Å². The first-order valence-electron chi connectivity index (χ1n) is 5.32. The molecule has 0 aliphatic rings. The Labute approximate surface area is 135 Å². The van der Waals surface area contributed by atoms with Gasteiger partial charge in [-0.1, -0.05) is 11.6 Å². The van der Waals surface area contributed by atoms with Crippen molar-refractivity contribution < 1.29 is 4.79 Å². The van der Waals surface area contributed by atoms with Crippen LogP contribution in [0.5, 0.6) is 0 Å². The number of hydrogen-bond donors (Lipinski definition) is 1. The molecule has 0 aliphatic carbocycles. The Balaban J connectivity index is 2.16. The van der Waals surface area contributed by atoms with Crippen molar-refractivity contribution in [2.45, 2.75) is 0 Å².